The van der Waals surface area contributed by atoms with E-state index in [0.717, 1.165) is 12.1 Å². The number of nitriles is 1. The van der Waals surface area contributed by atoms with Crippen molar-refractivity contribution >= 4 is 64.6 Å². The van der Waals surface area contributed by atoms with Gasteiger partial charge in [-0.3, -0.25) is 13.7 Å². The lowest BCUT2D eigenvalue weighted by Crippen LogP contribution is -2.24. The molecular weight excluding hydrogens is 761 g/mol. The van der Waals surface area contributed by atoms with Gasteiger partial charge in [-0.25, -0.2) is 4.98 Å². The van der Waals surface area contributed by atoms with Crippen LogP contribution in [0.5, 0.6) is 5.75 Å². The molecule has 4 aromatic rings. The molecule has 2 aromatic heterocycles. The van der Waals surface area contributed by atoms with Crippen LogP contribution in [0.2, 0.25) is 0 Å². The number of hydrogen-bond donors (Lipinski definition) is 4. The smallest absolute Gasteiger partial charge is 0.294 e. The van der Waals surface area contributed by atoms with E-state index in [-0.39, 0.29) is 35.0 Å². The molecule has 0 saturated carbocycles. The second-order valence-electron chi connectivity index (χ2n) is 12.2. The van der Waals surface area contributed by atoms with E-state index in [1.807, 2.05) is 32.6 Å². The molecule has 0 aliphatic carbocycles. The molecule has 0 amide bonds. The Balaban J connectivity index is 1.74. The van der Waals surface area contributed by atoms with E-state index in [2.05, 4.69) is 31.7 Å². The molecule has 0 aliphatic rings. The molecule has 0 fully saturated rings. The first-order chi connectivity index (χ1) is 24.2. The first-order valence-electron chi connectivity index (χ1n) is 15.4. The molecule has 0 aliphatic heterocycles. The fraction of sp³-hybridized carbons (Fsp3) is 0.367. The van der Waals surface area contributed by atoms with Crippen LogP contribution < -0.4 is 15.0 Å². The Hall–Kier alpha value is -4.50. The highest BCUT2D eigenvalue weighted by Gasteiger charge is 2.28. The van der Waals surface area contributed by atoms with Crippen LogP contribution in [-0.2, 0) is 35.8 Å². The Kier molecular flexibility index (Phi) is 12.4. The summed E-state index contributed by atoms with van der Waals surface area (Å²) in [6, 6.07) is 9.52. The number of nitrogens with zero attached hydrogens (tertiary/aromatic N) is 7. The van der Waals surface area contributed by atoms with Crippen LogP contribution in [0.15, 0.2) is 68.0 Å². The quantitative estimate of drug-likeness (QED) is 0.0482. The van der Waals surface area contributed by atoms with E-state index in [4.69, 9.17) is 9.29 Å². The van der Waals surface area contributed by atoms with Gasteiger partial charge in [-0.2, -0.15) is 40.3 Å². The van der Waals surface area contributed by atoms with E-state index >= 15 is 0 Å². The second kappa shape index (κ2) is 16.0. The SMILES string of the molecule is CCN(CCCCS(=O)(=O)O)c1ccc(N=Nc2c(C#N)c(C(C)(C)C)nn2-c2nccs2)c(NCOc2cc(S(=O)(=O)O)cc(S(=O)(=O)O)c2)c1. The van der Waals surface area contributed by atoms with Crippen molar-refractivity contribution in [2.24, 2.45) is 10.2 Å². The molecular formula is C30H36N8O10S4. The lowest BCUT2D eigenvalue weighted by molar-refractivity contribution is 0.344. The van der Waals surface area contributed by atoms with Gasteiger partial charge in [-0.15, -0.1) is 21.6 Å². The minimum absolute atomic E-state index is 0.127. The number of hydrogen-bond acceptors (Lipinski definition) is 15. The third kappa shape index (κ3) is 10.5. The van der Waals surface area contributed by atoms with Crippen molar-refractivity contribution in [1.29, 1.82) is 5.26 Å². The van der Waals surface area contributed by atoms with Crippen molar-refractivity contribution in [3.05, 3.63) is 59.2 Å². The maximum absolute atomic E-state index is 11.8. The van der Waals surface area contributed by atoms with Gasteiger partial charge >= 0.3 is 0 Å². The molecule has 0 bridgehead atoms. The number of rotatable bonds is 16. The molecule has 0 atom stereocenters. The summed E-state index contributed by atoms with van der Waals surface area (Å²) in [7, 11) is -13.9. The van der Waals surface area contributed by atoms with Crippen LogP contribution in [0, 0.1) is 11.3 Å². The highest BCUT2D eigenvalue weighted by Crippen LogP contribution is 2.37. The van der Waals surface area contributed by atoms with Crippen molar-refractivity contribution in [1.82, 2.24) is 14.8 Å². The molecule has 2 heterocycles. The highest BCUT2D eigenvalue weighted by molar-refractivity contribution is 7.86. The summed E-state index contributed by atoms with van der Waals surface area (Å²) in [4.78, 5) is 4.58. The van der Waals surface area contributed by atoms with Crippen molar-refractivity contribution in [2.75, 3.05) is 35.8 Å². The molecule has 0 saturated heterocycles. The number of anilines is 2. The van der Waals surface area contributed by atoms with Crippen molar-refractivity contribution < 1.29 is 43.6 Å². The molecule has 0 radical (unpaired) electrons. The first kappa shape index (κ1) is 40.3. The first-order valence-corrected chi connectivity index (χ1v) is 20.7. The monoisotopic (exact) mass is 796 g/mol. The molecule has 4 N–H and O–H groups in total. The fourth-order valence-electron chi connectivity index (χ4n) is 4.82. The predicted octanol–water partition coefficient (Wildman–Crippen LogP) is 5.35. The summed E-state index contributed by atoms with van der Waals surface area (Å²) in [5.74, 6) is -0.586. The van der Waals surface area contributed by atoms with Crippen LogP contribution in [0.3, 0.4) is 0 Å². The minimum Gasteiger partial charge on any atom is -0.473 e. The van der Waals surface area contributed by atoms with Crippen LogP contribution in [-0.4, -0.2) is 79.2 Å². The number of unbranched alkanes of at least 4 members (excludes halogenated alkanes) is 1. The lowest BCUT2D eigenvalue weighted by atomic mass is 9.90. The van der Waals surface area contributed by atoms with E-state index in [1.165, 1.54) is 16.0 Å². The minimum atomic E-state index is -4.89. The standard InChI is InChI=1S/C30H36N8O10S4/c1-5-37(11-6-7-13-50(39,40)41)20-8-9-25(34-35-28-24(18-31)27(30(2,3)4)36-38(28)29-32-10-12-49-29)26(14-20)33-19-48-21-15-22(51(42,43)44)17-23(16-21)52(45,46)47/h8-10,12,14-17,33H,5-7,11,13,19H2,1-4H3,(H,39,40,41)(H,42,43,44)(H,45,46,47). The average Bonchev–Trinajstić information content (AvgIpc) is 3.71. The summed E-state index contributed by atoms with van der Waals surface area (Å²) in [5.41, 5.74) is 1.36. The van der Waals surface area contributed by atoms with Crippen LogP contribution in [0.4, 0.5) is 22.9 Å². The van der Waals surface area contributed by atoms with Crippen LogP contribution >= 0.6 is 11.3 Å². The lowest BCUT2D eigenvalue weighted by Gasteiger charge is -2.24. The Bertz CT molecular complexity index is 2260. The van der Waals surface area contributed by atoms with E-state index in [1.54, 1.807) is 29.8 Å². The number of thiazole rings is 1. The van der Waals surface area contributed by atoms with Gasteiger partial charge in [0.1, 0.15) is 23.1 Å². The fourth-order valence-corrected chi connectivity index (χ4v) is 7.13. The summed E-state index contributed by atoms with van der Waals surface area (Å²) in [6.07, 6.45) is 2.24. The molecule has 22 heteroatoms. The Labute approximate surface area is 305 Å². The van der Waals surface area contributed by atoms with Crippen molar-refractivity contribution in [3.8, 4) is 17.0 Å². The van der Waals surface area contributed by atoms with Gasteiger partial charge < -0.3 is 15.0 Å². The van der Waals surface area contributed by atoms with Gasteiger partial charge in [0.2, 0.25) is 5.13 Å². The predicted molar refractivity (Wildman–Crippen MR) is 192 cm³/mol. The zero-order chi connectivity index (χ0) is 38.5. The summed E-state index contributed by atoms with van der Waals surface area (Å²) >= 11 is 1.28. The molecule has 0 unspecified atom stereocenters. The molecule has 280 valence electrons. The third-order valence-electron chi connectivity index (χ3n) is 7.29. The van der Waals surface area contributed by atoms with Crippen molar-refractivity contribution in [3.63, 3.8) is 0 Å². The molecule has 18 nitrogen and oxygen atoms in total. The van der Waals surface area contributed by atoms with Gasteiger partial charge in [-0.1, -0.05) is 20.8 Å². The maximum Gasteiger partial charge on any atom is 0.294 e. The summed E-state index contributed by atoms with van der Waals surface area (Å²) < 4.78 is 105. The van der Waals surface area contributed by atoms with Crippen molar-refractivity contribution in [2.45, 2.75) is 55.7 Å². The van der Waals surface area contributed by atoms with Crippen LogP contribution in [0.25, 0.3) is 5.13 Å². The summed E-state index contributed by atoms with van der Waals surface area (Å²) in [5, 5.41) is 28.8. The second-order valence-corrected chi connectivity index (χ2v) is 17.5. The Morgan fingerprint density at radius 2 is 1.67 bits per heavy atom. The molecule has 52 heavy (non-hydrogen) atoms. The number of ether oxygens (including phenoxy) is 1. The van der Waals surface area contributed by atoms with Gasteiger partial charge in [0, 0.05) is 47.9 Å². The zero-order valence-corrected chi connectivity index (χ0v) is 31.6. The molecule has 4 rings (SSSR count). The number of benzene rings is 2. The maximum atomic E-state index is 11.8. The number of nitrogens with one attached hydrogen (secondary N) is 1. The number of azo groups is 1. The largest absolute Gasteiger partial charge is 0.473 e. The van der Waals surface area contributed by atoms with E-state index in [0.29, 0.717) is 47.8 Å². The van der Waals surface area contributed by atoms with Gasteiger partial charge in [0.05, 0.1) is 26.9 Å². The Morgan fingerprint density at radius 3 is 2.21 bits per heavy atom. The Morgan fingerprint density at radius 1 is 1.00 bits per heavy atom. The van der Waals surface area contributed by atoms with Gasteiger partial charge in [0.15, 0.2) is 12.5 Å². The van der Waals surface area contributed by atoms with E-state index in [9.17, 15) is 39.6 Å². The summed E-state index contributed by atoms with van der Waals surface area (Å²) in [6.45, 7) is 8.11. The number of aromatic nitrogens is 3. The molecule has 2 aromatic carbocycles. The normalized spacial score (nSPS) is 12.6. The van der Waals surface area contributed by atoms with Gasteiger partial charge in [0.25, 0.3) is 30.4 Å². The molecule has 0 spiro atoms. The third-order valence-corrected chi connectivity index (χ3v) is 10.5. The zero-order valence-electron chi connectivity index (χ0n) is 28.3. The highest BCUT2D eigenvalue weighted by atomic mass is 32.2. The topological polar surface area (TPSA) is 267 Å². The average molecular weight is 797 g/mol. The van der Waals surface area contributed by atoms with Crippen LogP contribution in [0.1, 0.15) is 51.8 Å². The van der Waals surface area contributed by atoms with E-state index < -0.39 is 52.3 Å². The van der Waals surface area contributed by atoms with Gasteiger partial charge in [-0.05, 0) is 44.0 Å².